The highest BCUT2D eigenvalue weighted by atomic mass is 32.1. The molecule has 0 amide bonds. The largest absolute Gasteiger partial charge is 0.310 e. The third kappa shape index (κ3) is 3.91. The van der Waals surface area contributed by atoms with Gasteiger partial charge in [0.15, 0.2) is 0 Å². The standard InChI is InChI=1S/C51H33NS/c1-51(2)41-27-22-33-19-18-32-12-8-14-38-39-15-9-16-40-43(29-42(51)50(48(39)40)49(41)47(33)46(32)38)52(34-23-20-31(21-24-34)30-10-4-3-5-11-30)35-25-26-37-36-13-6-7-17-44(36)53-45(37)28-35/h3-29H,1-2H3. The van der Waals surface area contributed by atoms with Crippen molar-refractivity contribution in [3.63, 3.8) is 0 Å². The predicted molar refractivity (Wildman–Crippen MR) is 229 cm³/mol. The molecule has 9 aromatic carbocycles. The summed E-state index contributed by atoms with van der Waals surface area (Å²) >= 11 is 1.88. The second kappa shape index (κ2) is 10.4. The molecule has 2 aliphatic rings. The maximum atomic E-state index is 2.53. The van der Waals surface area contributed by atoms with E-state index in [9.17, 15) is 0 Å². The molecular weight excluding hydrogens is 659 g/mol. The molecule has 10 aromatic rings. The summed E-state index contributed by atoms with van der Waals surface area (Å²) in [6, 6.07) is 61.5. The lowest BCUT2D eigenvalue weighted by Gasteiger charge is -2.30. The van der Waals surface area contributed by atoms with Crippen molar-refractivity contribution in [1.29, 1.82) is 0 Å². The number of hydrogen-bond acceptors (Lipinski definition) is 2. The number of rotatable bonds is 4. The van der Waals surface area contributed by atoms with E-state index in [0.29, 0.717) is 0 Å². The second-order valence-electron chi connectivity index (χ2n) is 15.3. The van der Waals surface area contributed by atoms with Gasteiger partial charge < -0.3 is 4.90 Å². The SMILES string of the molecule is CC1(C)c2cc(N(c3ccc(-c4ccccc4)cc3)c3ccc4c(c3)sc3ccccc34)c3cccc4c3c2-c2c1ccc1ccc3cccc-4c3c21. The van der Waals surface area contributed by atoms with Crippen molar-refractivity contribution in [2.45, 2.75) is 19.3 Å². The van der Waals surface area contributed by atoms with E-state index >= 15 is 0 Å². The first kappa shape index (κ1) is 29.4. The molecule has 0 bridgehead atoms. The predicted octanol–water partition coefficient (Wildman–Crippen LogP) is 14.9. The summed E-state index contributed by atoms with van der Waals surface area (Å²) in [5.41, 5.74) is 14.1. The second-order valence-corrected chi connectivity index (χ2v) is 16.3. The van der Waals surface area contributed by atoms with Crippen LogP contribution in [0.4, 0.5) is 17.1 Å². The average molecular weight is 692 g/mol. The monoisotopic (exact) mass is 691 g/mol. The van der Waals surface area contributed by atoms with Gasteiger partial charge in [-0.2, -0.15) is 0 Å². The van der Waals surface area contributed by atoms with Gasteiger partial charge in [0.05, 0.1) is 5.69 Å². The number of thiophene rings is 1. The van der Waals surface area contributed by atoms with Gasteiger partial charge in [0.1, 0.15) is 0 Å². The van der Waals surface area contributed by atoms with Crippen LogP contribution in [0, 0.1) is 0 Å². The summed E-state index contributed by atoms with van der Waals surface area (Å²) in [4.78, 5) is 2.52. The lowest BCUT2D eigenvalue weighted by molar-refractivity contribution is 0.661. The zero-order valence-corrected chi connectivity index (χ0v) is 30.3. The molecule has 1 heterocycles. The van der Waals surface area contributed by atoms with E-state index in [-0.39, 0.29) is 5.41 Å². The van der Waals surface area contributed by atoms with Crippen LogP contribution >= 0.6 is 11.3 Å². The fourth-order valence-electron chi connectivity index (χ4n) is 9.68. The Bertz CT molecular complexity index is 3180. The zero-order chi connectivity index (χ0) is 35.0. The normalized spacial score (nSPS) is 13.6. The molecule has 1 nitrogen and oxygen atoms in total. The molecule has 0 atom stereocenters. The first-order chi connectivity index (χ1) is 26.0. The van der Waals surface area contributed by atoms with Crippen LogP contribution in [0.3, 0.4) is 0 Å². The van der Waals surface area contributed by atoms with E-state index in [1.807, 2.05) is 11.3 Å². The van der Waals surface area contributed by atoms with E-state index in [1.54, 1.807) is 0 Å². The van der Waals surface area contributed by atoms with Crippen LogP contribution in [0.5, 0.6) is 0 Å². The van der Waals surface area contributed by atoms with Gasteiger partial charge in [-0.25, -0.2) is 0 Å². The van der Waals surface area contributed by atoms with Gasteiger partial charge in [0.2, 0.25) is 0 Å². The van der Waals surface area contributed by atoms with Crippen molar-refractivity contribution in [3.05, 3.63) is 175 Å². The topological polar surface area (TPSA) is 3.24 Å². The Labute approximate surface area is 312 Å². The number of hydrogen-bond donors (Lipinski definition) is 0. The molecule has 0 fully saturated rings. The van der Waals surface area contributed by atoms with Crippen molar-refractivity contribution in [3.8, 4) is 33.4 Å². The highest BCUT2D eigenvalue weighted by Gasteiger charge is 2.41. The lowest BCUT2D eigenvalue weighted by Crippen LogP contribution is -2.17. The molecule has 0 N–H and O–H groups in total. The number of benzene rings is 9. The van der Waals surface area contributed by atoms with Crippen molar-refractivity contribution in [2.75, 3.05) is 4.90 Å². The van der Waals surface area contributed by atoms with Crippen LogP contribution in [0.2, 0.25) is 0 Å². The highest BCUT2D eigenvalue weighted by molar-refractivity contribution is 7.25. The van der Waals surface area contributed by atoms with Crippen LogP contribution in [0.25, 0.3) is 85.9 Å². The molecule has 0 saturated carbocycles. The molecule has 248 valence electrons. The quantitative estimate of drug-likeness (QED) is 0.166. The van der Waals surface area contributed by atoms with E-state index in [0.717, 1.165) is 5.69 Å². The molecule has 12 rings (SSSR count). The van der Waals surface area contributed by atoms with Crippen LogP contribution < -0.4 is 4.90 Å². The van der Waals surface area contributed by atoms with Crippen molar-refractivity contribution in [1.82, 2.24) is 0 Å². The summed E-state index contributed by atoms with van der Waals surface area (Å²) < 4.78 is 2.62. The summed E-state index contributed by atoms with van der Waals surface area (Å²) in [5.74, 6) is 0. The van der Waals surface area contributed by atoms with E-state index in [4.69, 9.17) is 0 Å². The maximum Gasteiger partial charge on any atom is 0.0543 e. The van der Waals surface area contributed by atoms with E-state index in [1.165, 1.54) is 108 Å². The van der Waals surface area contributed by atoms with Gasteiger partial charge in [-0.1, -0.05) is 141 Å². The Kier molecular flexibility index (Phi) is 5.78. The zero-order valence-electron chi connectivity index (χ0n) is 29.4. The van der Waals surface area contributed by atoms with Gasteiger partial charge in [0, 0.05) is 42.3 Å². The summed E-state index contributed by atoms with van der Waals surface area (Å²) in [6.07, 6.45) is 0. The first-order valence-electron chi connectivity index (χ1n) is 18.5. The Morgan fingerprint density at radius 3 is 1.92 bits per heavy atom. The highest BCUT2D eigenvalue weighted by Crippen LogP contribution is 2.60. The van der Waals surface area contributed by atoms with Gasteiger partial charge in [-0.15, -0.1) is 11.3 Å². The number of anilines is 3. The van der Waals surface area contributed by atoms with Crippen LogP contribution in [-0.4, -0.2) is 0 Å². The van der Waals surface area contributed by atoms with Crippen LogP contribution in [0.15, 0.2) is 164 Å². The van der Waals surface area contributed by atoms with Gasteiger partial charge in [0.25, 0.3) is 0 Å². The first-order valence-corrected chi connectivity index (χ1v) is 19.3. The van der Waals surface area contributed by atoms with Crippen LogP contribution in [-0.2, 0) is 5.41 Å². The minimum absolute atomic E-state index is 0.179. The van der Waals surface area contributed by atoms with Gasteiger partial charge in [-0.3, -0.25) is 0 Å². The smallest absolute Gasteiger partial charge is 0.0543 e. The third-order valence-electron chi connectivity index (χ3n) is 12.1. The summed E-state index contributed by atoms with van der Waals surface area (Å²) in [6.45, 7) is 4.86. The van der Waals surface area contributed by atoms with Gasteiger partial charge in [-0.05, 0) is 108 Å². The van der Waals surface area contributed by atoms with Crippen molar-refractivity contribution in [2.24, 2.45) is 0 Å². The van der Waals surface area contributed by atoms with E-state index in [2.05, 4.69) is 183 Å². The Morgan fingerprint density at radius 1 is 0.434 bits per heavy atom. The molecule has 1 aromatic heterocycles. The Hall–Kier alpha value is -6.22. The van der Waals surface area contributed by atoms with E-state index < -0.39 is 0 Å². The average Bonchev–Trinajstić information content (AvgIpc) is 3.64. The lowest BCUT2D eigenvalue weighted by atomic mass is 9.80. The van der Waals surface area contributed by atoms with Crippen LogP contribution in [0.1, 0.15) is 25.0 Å². The molecular formula is C51H33NS. The maximum absolute atomic E-state index is 2.53. The molecule has 0 radical (unpaired) electrons. The molecule has 0 unspecified atom stereocenters. The molecule has 2 aliphatic carbocycles. The number of fused-ring (bicyclic) bond motifs is 4. The molecule has 0 saturated heterocycles. The fraction of sp³-hybridized carbons (Fsp3) is 0.0588. The van der Waals surface area contributed by atoms with Gasteiger partial charge >= 0.3 is 0 Å². The Balaban J connectivity index is 1.19. The summed E-state index contributed by atoms with van der Waals surface area (Å²) in [5, 5.41) is 10.7. The Morgan fingerprint density at radius 2 is 1.08 bits per heavy atom. The van der Waals surface area contributed by atoms with Crippen molar-refractivity contribution >= 4 is 80.9 Å². The molecule has 2 heteroatoms. The molecule has 0 spiro atoms. The minimum Gasteiger partial charge on any atom is -0.310 e. The molecule has 53 heavy (non-hydrogen) atoms. The third-order valence-corrected chi connectivity index (χ3v) is 13.3. The summed E-state index contributed by atoms with van der Waals surface area (Å²) in [7, 11) is 0. The fourth-order valence-corrected chi connectivity index (χ4v) is 10.8. The number of nitrogens with zero attached hydrogens (tertiary/aromatic N) is 1. The molecule has 0 aliphatic heterocycles. The minimum atomic E-state index is -0.179. The van der Waals surface area contributed by atoms with Crippen molar-refractivity contribution < 1.29 is 0 Å².